The number of aromatic nitrogens is 1. The van der Waals surface area contributed by atoms with E-state index in [0.717, 1.165) is 17.5 Å². The number of nitrogen functional groups attached to an aromatic ring is 1. The Kier molecular flexibility index (Phi) is 2.33. The highest BCUT2D eigenvalue weighted by atomic mass is 16.5. The topological polar surface area (TPSA) is 72.3 Å². The fourth-order valence-electron chi connectivity index (χ4n) is 1.54. The third-order valence-electron chi connectivity index (χ3n) is 2.29. The van der Waals surface area contributed by atoms with Crippen molar-refractivity contribution in [1.29, 1.82) is 0 Å². The number of anilines is 1. The van der Waals surface area contributed by atoms with Gasteiger partial charge in [0.15, 0.2) is 0 Å². The third kappa shape index (κ3) is 1.66. The van der Waals surface area contributed by atoms with E-state index in [1.807, 2.05) is 13.0 Å². The molecule has 4 nitrogen and oxygen atoms in total. The Hall–Kier alpha value is -1.97. The standard InChI is InChI=1S/C11H12N2O2/c1-2-9-10(13-15-11(9)12)7-4-3-5-8(14)6-7/h3-6,14H,2,12H2,1H3. The molecule has 0 radical (unpaired) electrons. The average molecular weight is 204 g/mol. The summed E-state index contributed by atoms with van der Waals surface area (Å²) in [5, 5.41) is 13.2. The summed E-state index contributed by atoms with van der Waals surface area (Å²) in [6.07, 6.45) is 0.750. The predicted molar refractivity (Wildman–Crippen MR) is 57.4 cm³/mol. The SMILES string of the molecule is CCc1c(-c2cccc(O)c2)noc1N. The summed E-state index contributed by atoms with van der Waals surface area (Å²) < 4.78 is 4.93. The van der Waals surface area contributed by atoms with E-state index in [1.165, 1.54) is 0 Å². The molecule has 1 aromatic heterocycles. The number of nitrogens with zero attached hydrogens (tertiary/aromatic N) is 1. The van der Waals surface area contributed by atoms with E-state index < -0.39 is 0 Å². The largest absolute Gasteiger partial charge is 0.508 e. The molecule has 0 bridgehead atoms. The van der Waals surface area contributed by atoms with E-state index in [1.54, 1.807) is 18.2 Å². The quantitative estimate of drug-likeness (QED) is 0.786. The van der Waals surface area contributed by atoms with E-state index in [0.29, 0.717) is 11.6 Å². The first-order valence-electron chi connectivity index (χ1n) is 4.75. The van der Waals surface area contributed by atoms with Gasteiger partial charge in [-0.1, -0.05) is 24.2 Å². The van der Waals surface area contributed by atoms with E-state index in [9.17, 15) is 5.11 Å². The molecule has 0 atom stereocenters. The van der Waals surface area contributed by atoms with Crippen molar-refractivity contribution in [3.8, 4) is 17.0 Å². The van der Waals surface area contributed by atoms with Crippen LogP contribution in [0.15, 0.2) is 28.8 Å². The van der Waals surface area contributed by atoms with Crippen LogP contribution in [0.5, 0.6) is 5.75 Å². The summed E-state index contributed by atoms with van der Waals surface area (Å²) in [4.78, 5) is 0. The van der Waals surface area contributed by atoms with Crippen molar-refractivity contribution in [2.45, 2.75) is 13.3 Å². The number of nitrogens with two attached hydrogens (primary N) is 1. The lowest BCUT2D eigenvalue weighted by atomic mass is 10.1. The average Bonchev–Trinajstić information content (AvgIpc) is 2.59. The molecule has 2 rings (SSSR count). The van der Waals surface area contributed by atoms with Crippen LogP contribution in [0.2, 0.25) is 0 Å². The minimum Gasteiger partial charge on any atom is -0.508 e. The molecule has 0 aliphatic rings. The molecule has 0 saturated heterocycles. The van der Waals surface area contributed by atoms with Crippen LogP contribution in [0.3, 0.4) is 0 Å². The van der Waals surface area contributed by atoms with E-state index in [-0.39, 0.29) is 5.75 Å². The van der Waals surface area contributed by atoms with Gasteiger partial charge in [0.25, 0.3) is 0 Å². The second kappa shape index (κ2) is 3.65. The molecule has 0 saturated carbocycles. The van der Waals surface area contributed by atoms with Gasteiger partial charge >= 0.3 is 0 Å². The molecule has 0 spiro atoms. The van der Waals surface area contributed by atoms with Gasteiger partial charge in [0.1, 0.15) is 11.4 Å². The minimum absolute atomic E-state index is 0.205. The van der Waals surface area contributed by atoms with E-state index in [4.69, 9.17) is 10.3 Å². The van der Waals surface area contributed by atoms with Gasteiger partial charge in [-0.05, 0) is 18.6 Å². The Morgan fingerprint density at radius 2 is 2.27 bits per heavy atom. The predicted octanol–water partition coefficient (Wildman–Crippen LogP) is 2.19. The van der Waals surface area contributed by atoms with Crippen LogP contribution < -0.4 is 5.73 Å². The second-order valence-corrected chi connectivity index (χ2v) is 3.28. The number of rotatable bonds is 2. The van der Waals surface area contributed by atoms with Crippen LogP contribution in [0.25, 0.3) is 11.3 Å². The molecule has 15 heavy (non-hydrogen) atoms. The monoisotopic (exact) mass is 204 g/mol. The van der Waals surface area contributed by atoms with Gasteiger partial charge in [0.2, 0.25) is 5.88 Å². The van der Waals surface area contributed by atoms with Crippen LogP contribution >= 0.6 is 0 Å². The Labute approximate surface area is 87.3 Å². The zero-order chi connectivity index (χ0) is 10.8. The third-order valence-corrected chi connectivity index (χ3v) is 2.29. The molecule has 2 aromatic rings. The van der Waals surface area contributed by atoms with Gasteiger partial charge in [0.05, 0.1) is 0 Å². The number of hydrogen-bond donors (Lipinski definition) is 2. The number of phenolic OH excluding ortho intramolecular Hbond substituents is 1. The van der Waals surface area contributed by atoms with Crippen molar-refractivity contribution >= 4 is 5.88 Å². The molecule has 78 valence electrons. The number of aromatic hydroxyl groups is 1. The summed E-state index contributed by atoms with van der Waals surface area (Å²) in [6.45, 7) is 1.98. The van der Waals surface area contributed by atoms with Crippen LogP contribution in [0, 0.1) is 0 Å². The first-order valence-corrected chi connectivity index (χ1v) is 4.75. The summed E-state index contributed by atoms with van der Waals surface area (Å²) in [6, 6.07) is 6.86. The van der Waals surface area contributed by atoms with Gasteiger partial charge < -0.3 is 15.4 Å². The van der Waals surface area contributed by atoms with Gasteiger partial charge in [-0.2, -0.15) is 0 Å². The zero-order valence-electron chi connectivity index (χ0n) is 8.40. The van der Waals surface area contributed by atoms with Crippen molar-refractivity contribution in [3.63, 3.8) is 0 Å². The lowest BCUT2D eigenvalue weighted by molar-refractivity contribution is 0.438. The number of phenols is 1. The molecule has 0 amide bonds. The first kappa shape index (κ1) is 9.58. The van der Waals surface area contributed by atoms with Gasteiger partial charge in [-0.15, -0.1) is 0 Å². The molecule has 1 heterocycles. The maximum atomic E-state index is 9.36. The zero-order valence-corrected chi connectivity index (χ0v) is 8.40. The number of benzene rings is 1. The maximum absolute atomic E-state index is 9.36. The normalized spacial score (nSPS) is 10.5. The Morgan fingerprint density at radius 1 is 1.47 bits per heavy atom. The van der Waals surface area contributed by atoms with Gasteiger partial charge in [-0.25, -0.2) is 0 Å². The smallest absolute Gasteiger partial charge is 0.225 e. The molecule has 1 aromatic carbocycles. The highest BCUT2D eigenvalue weighted by molar-refractivity contribution is 5.68. The molecule has 0 fully saturated rings. The fourth-order valence-corrected chi connectivity index (χ4v) is 1.54. The van der Waals surface area contributed by atoms with Gasteiger partial charge in [-0.3, -0.25) is 0 Å². The number of hydrogen-bond acceptors (Lipinski definition) is 4. The lowest BCUT2D eigenvalue weighted by Crippen LogP contribution is -1.89. The summed E-state index contributed by atoms with van der Waals surface area (Å²) in [5.74, 6) is 0.548. The Morgan fingerprint density at radius 3 is 2.93 bits per heavy atom. The maximum Gasteiger partial charge on any atom is 0.225 e. The van der Waals surface area contributed by atoms with Gasteiger partial charge in [0, 0.05) is 11.1 Å². The molecular weight excluding hydrogens is 192 g/mol. The van der Waals surface area contributed by atoms with Crippen molar-refractivity contribution in [3.05, 3.63) is 29.8 Å². The second-order valence-electron chi connectivity index (χ2n) is 3.28. The highest BCUT2D eigenvalue weighted by Crippen LogP contribution is 2.29. The molecule has 3 N–H and O–H groups in total. The lowest BCUT2D eigenvalue weighted by Gasteiger charge is -1.99. The Bertz CT molecular complexity index is 477. The van der Waals surface area contributed by atoms with Crippen LogP contribution in [0.1, 0.15) is 12.5 Å². The minimum atomic E-state index is 0.205. The van der Waals surface area contributed by atoms with E-state index in [2.05, 4.69) is 5.16 Å². The summed E-state index contributed by atoms with van der Waals surface area (Å²) >= 11 is 0. The molecule has 4 heteroatoms. The molecule has 0 aliphatic carbocycles. The molecule has 0 unspecified atom stereocenters. The first-order chi connectivity index (χ1) is 7.22. The van der Waals surface area contributed by atoms with E-state index >= 15 is 0 Å². The van der Waals surface area contributed by atoms with Crippen molar-refractivity contribution in [2.24, 2.45) is 0 Å². The fraction of sp³-hybridized carbons (Fsp3) is 0.182. The van der Waals surface area contributed by atoms with Crippen LogP contribution in [-0.4, -0.2) is 10.3 Å². The van der Waals surface area contributed by atoms with Crippen LogP contribution in [-0.2, 0) is 6.42 Å². The summed E-state index contributed by atoms with van der Waals surface area (Å²) in [7, 11) is 0. The van der Waals surface area contributed by atoms with Crippen molar-refractivity contribution in [1.82, 2.24) is 5.16 Å². The van der Waals surface area contributed by atoms with Crippen molar-refractivity contribution < 1.29 is 9.63 Å². The van der Waals surface area contributed by atoms with Crippen LogP contribution in [0.4, 0.5) is 5.88 Å². The molecular formula is C11H12N2O2. The summed E-state index contributed by atoms with van der Waals surface area (Å²) in [5.41, 5.74) is 8.02. The van der Waals surface area contributed by atoms with Crippen molar-refractivity contribution in [2.75, 3.05) is 5.73 Å². The highest BCUT2D eigenvalue weighted by Gasteiger charge is 2.13. The molecule has 0 aliphatic heterocycles. The Balaban J connectivity index is 2.54.